The van der Waals surface area contributed by atoms with Crippen LogP contribution in [0.2, 0.25) is 0 Å². The number of carbonyl (C=O) groups is 1. The lowest BCUT2D eigenvalue weighted by Gasteiger charge is -2.03. The molecule has 0 aliphatic carbocycles. The first kappa shape index (κ1) is 11.0. The van der Waals surface area contributed by atoms with Crippen molar-refractivity contribution in [2.75, 3.05) is 0 Å². The normalized spacial score (nSPS) is 11.2. The van der Waals surface area contributed by atoms with E-state index in [9.17, 15) is 14.3 Å². The number of aromatic hydroxyl groups is 1. The van der Waals surface area contributed by atoms with Gasteiger partial charge in [0, 0.05) is 5.56 Å². The number of primary amides is 1. The summed E-state index contributed by atoms with van der Waals surface area (Å²) in [7, 11) is 0. The van der Waals surface area contributed by atoms with Crippen molar-refractivity contribution in [2.45, 2.75) is 6.92 Å². The van der Waals surface area contributed by atoms with Gasteiger partial charge < -0.3 is 10.8 Å². The molecule has 0 saturated carbocycles. The smallest absolute Gasteiger partial charge is 0.332 e. The van der Waals surface area contributed by atoms with Crippen LogP contribution in [0.4, 0.5) is 9.18 Å². The molecule has 0 unspecified atom stereocenters. The van der Waals surface area contributed by atoms with Gasteiger partial charge in [-0.15, -0.1) is 0 Å². The van der Waals surface area contributed by atoms with Crippen molar-refractivity contribution in [1.82, 2.24) is 5.43 Å². The summed E-state index contributed by atoms with van der Waals surface area (Å²) in [5.74, 6) is -0.625. The van der Waals surface area contributed by atoms with Gasteiger partial charge in [-0.05, 0) is 25.1 Å². The van der Waals surface area contributed by atoms with Crippen molar-refractivity contribution in [2.24, 2.45) is 10.8 Å². The molecule has 4 N–H and O–H groups in total. The highest BCUT2D eigenvalue weighted by Gasteiger charge is 2.06. The van der Waals surface area contributed by atoms with E-state index in [2.05, 4.69) is 5.10 Å². The molecule has 0 saturated heterocycles. The molecule has 15 heavy (non-hydrogen) atoms. The Bertz CT molecular complexity index is 418. The molecule has 0 bridgehead atoms. The molecule has 6 heteroatoms. The van der Waals surface area contributed by atoms with E-state index in [0.717, 1.165) is 12.1 Å². The zero-order valence-electron chi connectivity index (χ0n) is 7.99. The molecule has 80 valence electrons. The van der Waals surface area contributed by atoms with E-state index < -0.39 is 11.8 Å². The maximum Gasteiger partial charge on any atom is 0.332 e. The zero-order valence-corrected chi connectivity index (χ0v) is 7.99. The third-order valence-corrected chi connectivity index (χ3v) is 1.68. The highest BCUT2D eigenvalue weighted by atomic mass is 19.1. The van der Waals surface area contributed by atoms with Crippen LogP contribution >= 0.6 is 0 Å². The summed E-state index contributed by atoms with van der Waals surface area (Å²) in [5.41, 5.74) is 7.23. The predicted octanol–water partition coefficient (Wildman–Crippen LogP) is 0.924. The van der Waals surface area contributed by atoms with Crippen LogP contribution in [0.1, 0.15) is 12.5 Å². The van der Waals surface area contributed by atoms with Crippen LogP contribution in [0.3, 0.4) is 0 Å². The van der Waals surface area contributed by atoms with E-state index in [-0.39, 0.29) is 17.0 Å². The first-order valence-corrected chi connectivity index (χ1v) is 4.09. The third kappa shape index (κ3) is 2.94. The van der Waals surface area contributed by atoms with Crippen LogP contribution in [-0.2, 0) is 0 Å². The molecule has 0 heterocycles. The molecule has 0 aliphatic rings. The van der Waals surface area contributed by atoms with E-state index in [0.29, 0.717) is 0 Å². The number of phenolic OH excluding ortho intramolecular Hbond substituents is 1. The highest BCUT2D eigenvalue weighted by Crippen LogP contribution is 2.18. The summed E-state index contributed by atoms with van der Waals surface area (Å²) in [4.78, 5) is 10.4. The van der Waals surface area contributed by atoms with Gasteiger partial charge in [0.1, 0.15) is 11.6 Å². The highest BCUT2D eigenvalue weighted by molar-refractivity contribution is 6.01. The largest absolute Gasteiger partial charge is 0.507 e. The molecule has 1 rings (SSSR count). The fraction of sp³-hybridized carbons (Fsp3) is 0.111. The minimum Gasteiger partial charge on any atom is -0.507 e. The molecule has 1 aromatic rings. The number of hydrogen-bond donors (Lipinski definition) is 3. The van der Waals surface area contributed by atoms with Crippen molar-refractivity contribution in [3.8, 4) is 5.75 Å². The van der Waals surface area contributed by atoms with Crippen molar-refractivity contribution in [3.05, 3.63) is 29.6 Å². The zero-order chi connectivity index (χ0) is 11.4. The van der Waals surface area contributed by atoms with Gasteiger partial charge in [0.05, 0.1) is 5.71 Å². The van der Waals surface area contributed by atoms with Gasteiger partial charge in [-0.25, -0.2) is 14.6 Å². The number of benzene rings is 1. The van der Waals surface area contributed by atoms with E-state index in [4.69, 9.17) is 5.73 Å². The Morgan fingerprint density at radius 2 is 2.27 bits per heavy atom. The Kier molecular flexibility index (Phi) is 3.22. The van der Waals surface area contributed by atoms with Gasteiger partial charge in [0.2, 0.25) is 0 Å². The van der Waals surface area contributed by atoms with Gasteiger partial charge in [-0.2, -0.15) is 5.10 Å². The minimum absolute atomic E-state index is 0.121. The quantitative estimate of drug-likeness (QED) is 0.501. The monoisotopic (exact) mass is 211 g/mol. The fourth-order valence-electron chi connectivity index (χ4n) is 0.997. The number of amides is 2. The Morgan fingerprint density at radius 1 is 1.60 bits per heavy atom. The molecule has 2 amide bonds. The average molecular weight is 211 g/mol. The minimum atomic E-state index is -0.828. The number of rotatable bonds is 2. The topological polar surface area (TPSA) is 87.7 Å². The number of nitrogens with zero attached hydrogens (tertiary/aromatic N) is 1. The van der Waals surface area contributed by atoms with E-state index in [1.54, 1.807) is 0 Å². The van der Waals surface area contributed by atoms with Gasteiger partial charge in [-0.1, -0.05) is 0 Å². The SMILES string of the molecule is C/C(=N\NC(N)=O)c1cc(F)ccc1O. The van der Waals surface area contributed by atoms with Crippen LogP contribution in [0.15, 0.2) is 23.3 Å². The number of nitrogens with two attached hydrogens (primary N) is 1. The summed E-state index contributed by atoms with van der Waals surface area (Å²) >= 11 is 0. The Balaban J connectivity index is 2.99. The van der Waals surface area contributed by atoms with Crippen molar-refractivity contribution in [3.63, 3.8) is 0 Å². The summed E-state index contributed by atoms with van der Waals surface area (Å²) in [6, 6.07) is 2.60. The van der Waals surface area contributed by atoms with Crippen molar-refractivity contribution in [1.29, 1.82) is 0 Å². The van der Waals surface area contributed by atoms with E-state index in [1.165, 1.54) is 13.0 Å². The van der Waals surface area contributed by atoms with Gasteiger partial charge >= 0.3 is 6.03 Å². The standard InChI is InChI=1S/C9H10FN3O2/c1-5(12-13-9(11)15)7-4-6(10)2-3-8(7)14/h2-4,14H,1H3,(H3,11,13,15)/b12-5+. The van der Waals surface area contributed by atoms with Crippen molar-refractivity contribution >= 4 is 11.7 Å². The second-order valence-corrected chi connectivity index (χ2v) is 2.83. The lowest BCUT2D eigenvalue weighted by atomic mass is 10.1. The Hall–Kier alpha value is -2.11. The number of nitrogens with one attached hydrogen (secondary N) is 1. The van der Waals surface area contributed by atoms with Crippen LogP contribution in [0, 0.1) is 5.82 Å². The molecule has 0 aliphatic heterocycles. The lowest BCUT2D eigenvalue weighted by Crippen LogP contribution is -2.25. The van der Waals surface area contributed by atoms with Crippen molar-refractivity contribution < 1.29 is 14.3 Å². The molecule has 0 radical (unpaired) electrons. The number of halogens is 1. The van der Waals surface area contributed by atoms with E-state index in [1.807, 2.05) is 5.43 Å². The van der Waals surface area contributed by atoms with Crippen LogP contribution in [0.5, 0.6) is 5.75 Å². The third-order valence-electron chi connectivity index (χ3n) is 1.68. The molecule has 0 spiro atoms. The number of hydrazone groups is 1. The van der Waals surface area contributed by atoms with Gasteiger partial charge in [0.25, 0.3) is 0 Å². The predicted molar refractivity (Wildman–Crippen MR) is 53.0 cm³/mol. The summed E-state index contributed by atoms with van der Waals surface area (Å²) in [6.07, 6.45) is 0. The molecular weight excluding hydrogens is 201 g/mol. The molecule has 0 aromatic heterocycles. The molecule has 5 nitrogen and oxygen atoms in total. The second kappa shape index (κ2) is 4.41. The lowest BCUT2D eigenvalue weighted by molar-refractivity contribution is 0.249. The fourth-order valence-corrected chi connectivity index (χ4v) is 0.997. The Labute approximate surface area is 85.4 Å². The second-order valence-electron chi connectivity index (χ2n) is 2.83. The maximum atomic E-state index is 12.8. The molecule has 1 aromatic carbocycles. The first-order valence-electron chi connectivity index (χ1n) is 4.09. The number of phenols is 1. The van der Waals surface area contributed by atoms with Gasteiger partial charge in [-0.3, -0.25) is 0 Å². The number of carbonyl (C=O) groups excluding carboxylic acids is 1. The maximum absolute atomic E-state index is 12.8. The summed E-state index contributed by atoms with van der Waals surface area (Å²) in [6.45, 7) is 1.50. The van der Waals surface area contributed by atoms with Crippen LogP contribution < -0.4 is 11.2 Å². The number of urea groups is 1. The summed E-state index contributed by atoms with van der Waals surface area (Å²) < 4.78 is 12.8. The average Bonchev–Trinajstić information content (AvgIpc) is 2.18. The number of hydrogen-bond acceptors (Lipinski definition) is 3. The molecule has 0 fully saturated rings. The van der Waals surface area contributed by atoms with Gasteiger partial charge in [0.15, 0.2) is 0 Å². The molecule has 0 atom stereocenters. The van der Waals surface area contributed by atoms with Crippen LogP contribution in [-0.4, -0.2) is 16.8 Å². The molecular formula is C9H10FN3O2. The van der Waals surface area contributed by atoms with Crippen LogP contribution in [0.25, 0.3) is 0 Å². The Morgan fingerprint density at radius 3 is 2.87 bits per heavy atom. The summed E-state index contributed by atoms with van der Waals surface area (Å²) in [5, 5.41) is 12.9. The van der Waals surface area contributed by atoms with E-state index >= 15 is 0 Å². The first-order chi connectivity index (χ1) is 7.00.